The van der Waals surface area contributed by atoms with Gasteiger partial charge in [0.05, 0.1) is 18.1 Å². The molecule has 4 heterocycles. The number of aromatic nitrogens is 5. The van der Waals surface area contributed by atoms with Gasteiger partial charge in [-0.3, -0.25) is 9.78 Å². The second kappa shape index (κ2) is 8.10. The van der Waals surface area contributed by atoms with E-state index < -0.39 is 5.82 Å². The summed E-state index contributed by atoms with van der Waals surface area (Å²) in [6, 6.07) is 11.3. The SMILES string of the molecule is CNC(=O)c1cnn2c(NCCc3c[nH]c4ccccc34)cc(-c3cncc(F)c3)nc12. The molecule has 4 aromatic heterocycles. The zero-order chi connectivity index (χ0) is 22.1. The van der Waals surface area contributed by atoms with Crippen molar-refractivity contribution in [1.29, 1.82) is 0 Å². The number of pyridine rings is 1. The van der Waals surface area contributed by atoms with Crippen molar-refractivity contribution >= 4 is 28.3 Å². The predicted molar refractivity (Wildman–Crippen MR) is 120 cm³/mol. The van der Waals surface area contributed by atoms with Crippen LogP contribution in [0.5, 0.6) is 0 Å². The lowest BCUT2D eigenvalue weighted by molar-refractivity contribution is 0.0964. The van der Waals surface area contributed by atoms with Gasteiger partial charge in [0.15, 0.2) is 5.65 Å². The van der Waals surface area contributed by atoms with Crippen molar-refractivity contribution in [2.24, 2.45) is 0 Å². The van der Waals surface area contributed by atoms with Crippen LogP contribution in [-0.2, 0) is 6.42 Å². The number of hydrogen-bond donors (Lipinski definition) is 3. The highest BCUT2D eigenvalue weighted by Gasteiger charge is 2.17. The predicted octanol–water partition coefficient (Wildman–Crippen LogP) is 3.43. The first-order valence-electron chi connectivity index (χ1n) is 10.1. The molecule has 160 valence electrons. The fourth-order valence-electron chi connectivity index (χ4n) is 3.75. The minimum atomic E-state index is -0.460. The molecule has 0 aliphatic heterocycles. The largest absolute Gasteiger partial charge is 0.370 e. The average Bonchev–Trinajstić information content (AvgIpc) is 3.43. The number of amides is 1. The number of anilines is 1. The summed E-state index contributed by atoms with van der Waals surface area (Å²) < 4.78 is 15.3. The Morgan fingerprint density at radius 3 is 2.91 bits per heavy atom. The molecule has 32 heavy (non-hydrogen) atoms. The molecular weight excluding hydrogens is 409 g/mol. The van der Waals surface area contributed by atoms with Crippen LogP contribution in [-0.4, -0.2) is 44.1 Å². The van der Waals surface area contributed by atoms with Crippen LogP contribution in [0, 0.1) is 5.82 Å². The summed E-state index contributed by atoms with van der Waals surface area (Å²) in [5, 5.41) is 11.5. The van der Waals surface area contributed by atoms with Gasteiger partial charge in [-0.25, -0.2) is 9.37 Å². The van der Waals surface area contributed by atoms with E-state index >= 15 is 0 Å². The number of fused-ring (bicyclic) bond motifs is 2. The number of benzene rings is 1. The molecule has 0 saturated carbocycles. The zero-order valence-electron chi connectivity index (χ0n) is 17.3. The van der Waals surface area contributed by atoms with Crippen LogP contribution in [0.1, 0.15) is 15.9 Å². The highest BCUT2D eigenvalue weighted by Crippen LogP contribution is 2.24. The van der Waals surface area contributed by atoms with Crippen LogP contribution in [0.3, 0.4) is 0 Å². The third kappa shape index (κ3) is 3.53. The van der Waals surface area contributed by atoms with Gasteiger partial charge in [-0.15, -0.1) is 0 Å². The number of carbonyl (C=O) groups is 1. The minimum absolute atomic E-state index is 0.299. The number of nitrogens with zero attached hydrogens (tertiary/aromatic N) is 4. The van der Waals surface area contributed by atoms with Gasteiger partial charge < -0.3 is 15.6 Å². The molecule has 0 aliphatic carbocycles. The molecule has 1 amide bonds. The number of carbonyl (C=O) groups excluding carboxylic acids is 1. The Bertz CT molecular complexity index is 1440. The first-order chi connectivity index (χ1) is 15.6. The molecule has 0 spiro atoms. The van der Waals surface area contributed by atoms with Gasteiger partial charge in [0.1, 0.15) is 17.2 Å². The summed E-state index contributed by atoms with van der Waals surface area (Å²) in [6.45, 7) is 0.622. The van der Waals surface area contributed by atoms with E-state index in [4.69, 9.17) is 0 Å². The zero-order valence-corrected chi connectivity index (χ0v) is 17.3. The molecule has 5 rings (SSSR count). The van der Waals surface area contributed by atoms with Crippen molar-refractivity contribution < 1.29 is 9.18 Å². The lowest BCUT2D eigenvalue weighted by Gasteiger charge is -2.11. The van der Waals surface area contributed by atoms with E-state index in [0.29, 0.717) is 34.8 Å². The summed E-state index contributed by atoms with van der Waals surface area (Å²) in [5.41, 5.74) is 4.00. The molecule has 9 heteroatoms. The number of nitrogens with one attached hydrogen (secondary N) is 3. The second-order valence-corrected chi connectivity index (χ2v) is 7.33. The number of halogens is 1. The maximum Gasteiger partial charge on any atom is 0.256 e. The summed E-state index contributed by atoms with van der Waals surface area (Å²) in [6.07, 6.45) is 6.93. The van der Waals surface area contributed by atoms with E-state index in [1.165, 1.54) is 29.4 Å². The van der Waals surface area contributed by atoms with Crippen LogP contribution in [0.25, 0.3) is 27.8 Å². The molecule has 1 aromatic carbocycles. The van der Waals surface area contributed by atoms with Crippen LogP contribution >= 0.6 is 0 Å². The van der Waals surface area contributed by atoms with E-state index in [9.17, 15) is 9.18 Å². The summed E-state index contributed by atoms with van der Waals surface area (Å²) in [5.74, 6) is -0.117. The molecule has 0 saturated heterocycles. The molecule has 8 nitrogen and oxygen atoms in total. The van der Waals surface area contributed by atoms with Crippen LogP contribution in [0.2, 0.25) is 0 Å². The van der Waals surface area contributed by atoms with Crippen molar-refractivity contribution in [2.45, 2.75) is 6.42 Å². The molecule has 0 fully saturated rings. The Morgan fingerprint density at radius 2 is 2.06 bits per heavy atom. The Hall–Kier alpha value is -4.27. The first kappa shape index (κ1) is 19.7. The molecule has 5 aromatic rings. The Labute approximate surface area is 182 Å². The van der Waals surface area contributed by atoms with Gasteiger partial charge >= 0.3 is 0 Å². The van der Waals surface area contributed by atoms with Gasteiger partial charge in [0.25, 0.3) is 5.91 Å². The maximum absolute atomic E-state index is 13.8. The number of rotatable bonds is 6. The fraction of sp³-hybridized carbons (Fsp3) is 0.130. The second-order valence-electron chi connectivity index (χ2n) is 7.33. The lowest BCUT2D eigenvalue weighted by Crippen LogP contribution is -2.18. The van der Waals surface area contributed by atoms with Gasteiger partial charge in [-0.2, -0.15) is 9.61 Å². The van der Waals surface area contributed by atoms with Gasteiger partial charge in [-0.1, -0.05) is 18.2 Å². The molecule has 0 unspecified atom stereocenters. The van der Waals surface area contributed by atoms with Crippen molar-refractivity contribution in [2.75, 3.05) is 18.9 Å². The highest BCUT2D eigenvalue weighted by atomic mass is 19.1. The first-order valence-corrected chi connectivity index (χ1v) is 10.1. The number of aromatic amines is 1. The van der Waals surface area contributed by atoms with Gasteiger partial charge in [0, 0.05) is 48.5 Å². The van der Waals surface area contributed by atoms with Crippen molar-refractivity contribution in [1.82, 2.24) is 29.9 Å². The maximum atomic E-state index is 13.8. The van der Waals surface area contributed by atoms with Crippen LogP contribution < -0.4 is 10.6 Å². The van der Waals surface area contributed by atoms with E-state index in [-0.39, 0.29) is 5.91 Å². The fourth-order valence-corrected chi connectivity index (χ4v) is 3.75. The number of H-pyrrole nitrogens is 1. The van der Waals surface area contributed by atoms with E-state index in [0.717, 1.165) is 18.1 Å². The molecule has 0 aliphatic rings. The lowest BCUT2D eigenvalue weighted by atomic mass is 10.1. The molecular formula is C23H20FN7O. The standard InChI is InChI=1S/C23H20FN7O/c1-25-23(32)18-13-29-31-21(9-20(30-22(18)31)15-8-16(24)12-26-10-15)27-7-6-14-11-28-19-5-3-2-4-17(14)19/h2-5,8-13,27-28H,6-7H2,1H3,(H,25,32). The molecule has 0 bridgehead atoms. The third-order valence-corrected chi connectivity index (χ3v) is 5.32. The van der Waals surface area contributed by atoms with Crippen LogP contribution in [0.4, 0.5) is 10.2 Å². The van der Waals surface area contributed by atoms with E-state index in [2.05, 4.69) is 36.8 Å². The Morgan fingerprint density at radius 1 is 1.19 bits per heavy atom. The average molecular weight is 429 g/mol. The molecule has 0 radical (unpaired) electrons. The van der Waals surface area contributed by atoms with Crippen molar-refractivity contribution in [3.63, 3.8) is 0 Å². The van der Waals surface area contributed by atoms with E-state index in [1.807, 2.05) is 24.4 Å². The minimum Gasteiger partial charge on any atom is -0.370 e. The van der Waals surface area contributed by atoms with Gasteiger partial charge in [0.2, 0.25) is 0 Å². The topological polar surface area (TPSA) is 100 Å². The summed E-state index contributed by atoms with van der Waals surface area (Å²) in [7, 11) is 1.55. The van der Waals surface area contributed by atoms with Gasteiger partial charge in [-0.05, 0) is 24.1 Å². The quantitative estimate of drug-likeness (QED) is 0.384. The van der Waals surface area contributed by atoms with E-state index in [1.54, 1.807) is 17.6 Å². The smallest absolute Gasteiger partial charge is 0.256 e. The number of para-hydroxylation sites is 1. The monoisotopic (exact) mass is 429 g/mol. The molecule has 3 N–H and O–H groups in total. The normalized spacial score (nSPS) is 11.2. The molecule has 0 atom stereocenters. The Kier molecular flexibility index (Phi) is 4.98. The summed E-state index contributed by atoms with van der Waals surface area (Å²) >= 11 is 0. The van der Waals surface area contributed by atoms with Crippen molar-refractivity contribution in [3.8, 4) is 11.3 Å². The highest BCUT2D eigenvalue weighted by molar-refractivity contribution is 6.00. The third-order valence-electron chi connectivity index (χ3n) is 5.32. The van der Waals surface area contributed by atoms with Crippen LogP contribution in [0.15, 0.2) is 61.2 Å². The summed E-state index contributed by atoms with van der Waals surface area (Å²) in [4.78, 5) is 24.1. The Balaban J connectivity index is 1.50. The number of hydrogen-bond acceptors (Lipinski definition) is 5. The van der Waals surface area contributed by atoms with Crippen molar-refractivity contribution in [3.05, 3.63) is 78.1 Å².